The summed E-state index contributed by atoms with van der Waals surface area (Å²) in [6.45, 7) is 3.20. The van der Waals surface area contributed by atoms with Crippen LogP contribution < -0.4 is 5.32 Å². The van der Waals surface area contributed by atoms with Gasteiger partial charge >= 0.3 is 0 Å². The first kappa shape index (κ1) is 14.1. The zero-order valence-electron chi connectivity index (χ0n) is 11.3. The van der Waals surface area contributed by atoms with Gasteiger partial charge in [-0.3, -0.25) is 0 Å². The average Bonchev–Trinajstić information content (AvgIpc) is 2.46. The standard InChI is InChI=1S/C17H20ClN/c1-2-12-19-17(14-8-4-3-5-9-14)13-15-10-6-7-11-16(15)18/h3-11,17,19H,2,12-13H2,1H3. The molecule has 1 N–H and O–H groups in total. The van der Waals surface area contributed by atoms with Crippen molar-refractivity contribution in [2.24, 2.45) is 0 Å². The van der Waals surface area contributed by atoms with Gasteiger partial charge in [0, 0.05) is 11.1 Å². The van der Waals surface area contributed by atoms with Gasteiger partial charge in [-0.2, -0.15) is 0 Å². The lowest BCUT2D eigenvalue weighted by atomic mass is 9.98. The highest BCUT2D eigenvalue weighted by Gasteiger charge is 2.12. The van der Waals surface area contributed by atoms with E-state index < -0.39 is 0 Å². The largest absolute Gasteiger partial charge is 0.310 e. The predicted molar refractivity (Wildman–Crippen MR) is 82.6 cm³/mol. The van der Waals surface area contributed by atoms with Crippen molar-refractivity contribution in [1.29, 1.82) is 0 Å². The number of hydrogen-bond donors (Lipinski definition) is 1. The molecular weight excluding hydrogens is 254 g/mol. The molecule has 2 aromatic carbocycles. The first-order valence-corrected chi connectivity index (χ1v) is 7.20. The van der Waals surface area contributed by atoms with Gasteiger partial charge in [0.1, 0.15) is 0 Å². The van der Waals surface area contributed by atoms with E-state index in [2.05, 4.69) is 48.6 Å². The van der Waals surface area contributed by atoms with Gasteiger partial charge in [-0.1, -0.05) is 67.1 Å². The van der Waals surface area contributed by atoms with Crippen LogP contribution in [0.15, 0.2) is 54.6 Å². The quantitative estimate of drug-likeness (QED) is 0.810. The molecular formula is C17H20ClN. The van der Waals surface area contributed by atoms with Gasteiger partial charge in [0.2, 0.25) is 0 Å². The molecule has 2 rings (SSSR count). The van der Waals surface area contributed by atoms with Gasteiger partial charge in [0.25, 0.3) is 0 Å². The molecule has 0 bridgehead atoms. The van der Waals surface area contributed by atoms with Crippen molar-refractivity contribution >= 4 is 11.6 Å². The van der Waals surface area contributed by atoms with Crippen LogP contribution in [0.2, 0.25) is 5.02 Å². The summed E-state index contributed by atoms with van der Waals surface area (Å²) in [5, 5.41) is 4.45. The van der Waals surface area contributed by atoms with E-state index in [1.54, 1.807) is 0 Å². The highest BCUT2D eigenvalue weighted by molar-refractivity contribution is 6.31. The van der Waals surface area contributed by atoms with Crippen molar-refractivity contribution < 1.29 is 0 Å². The molecule has 0 saturated carbocycles. The zero-order valence-corrected chi connectivity index (χ0v) is 12.0. The number of halogens is 1. The van der Waals surface area contributed by atoms with Gasteiger partial charge in [0.15, 0.2) is 0 Å². The molecule has 0 aliphatic heterocycles. The van der Waals surface area contributed by atoms with E-state index in [-0.39, 0.29) is 0 Å². The molecule has 0 amide bonds. The molecule has 1 atom stereocenters. The van der Waals surface area contributed by atoms with Crippen LogP contribution >= 0.6 is 11.6 Å². The summed E-state index contributed by atoms with van der Waals surface area (Å²) in [6, 6.07) is 19.0. The lowest BCUT2D eigenvalue weighted by Crippen LogP contribution is -2.24. The van der Waals surface area contributed by atoms with Crippen LogP contribution in [0.1, 0.15) is 30.5 Å². The van der Waals surface area contributed by atoms with Crippen LogP contribution in [0.4, 0.5) is 0 Å². The van der Waals surface area contributed by atoms with Crippen molar-refractivity contribution in [3.05, 3.63) is 70.7 Å². The summed E-state index contributed by atoms with van der Waals surface area (Å²) >= 11 is 6.26. The Labute approximate surface area is 120 Å². The first-order chi connectivity index (χ1) is 9.31. The maximum atomic E-state index is 6.26. The Hall–Kier alpha value is -1.31. The first-order valence-electron chi connectivity index (χ1n) is 6.83. The molecule has 2 heteroatoms. The monoisotopic (exact) mass is 273 g/mol. The Morgan fingerprint density at radius 1 is 1.00 bits per heavy atom. The summed E-state index contributed by atoms with van der Waals surface area (Å²) in [4.78, 5) is 0. The number of benzene rings is 2. The molecule has 1 nitrogen and oxygen atoms in total. The summed E-state index contributed by atoms with van der Waals surface area (Å²) in [5.41, 5.74) is 2.51. The molecule has 0 aliphatic carbocycles. The fourth-order valence-electron chi connectivity index (χ4n) is 2.20. The molecule has 0 radical (unpaired) electrons. The van der Waals surface area contributed by atoms with Crippen molar-refractivity contribution in [3.63, 3.8) is 0 Å². The third-order valence-electron chi connectivity index (χ3n) is 3.22. The van der Waals surface area contributed by atoms with Crippen LogP contribution in [0.25, 0.3) is 0 Å². The Kier molecular flexibility index (Phi) is 5.44. The molecule has 0 aromatic heterocycles. The Bertz CT molecular complexity index is 496. The lowest BCUT2D eigenvalue weighted by Gasteiger charge is -2.19. The highest BCUT2D eigenvalue weighted by Crippen LogP contribution is 2.23. The van der Waals surface area contributed by atoms with E-state index in [9.17, 15) is 0 Å². The van der Waals surface area contributed by atoms with Gasteiger partial charge in [0.05, 0.1) is 0 Å². The number of hydrogen-bond acceptors (Lipinski definition) is 1. The van der Waals surface area contributed by atoms with Gasteiger partial charge in [-0.05, 0) is 36.6 Å². The molecule has 0 aliphatic rings. The summed E-state index contributed by atoms with van der Waals surface area (Å²) in [7, 11) is 0. The van der Waals surface area contributed by atoms with Gasteiger partial charge in [-0.25, -0.2) is 0 Å². The molecule has 0 saturated heterocycles. The van der Waals surface area contributed by atoms with E-state index in [0.717, 1.165) is 24.4 Å². The van der Waals surface area contributed by atoms with E-state index in [1.165, 1.54) is 11.1 Å². The molecule has 100 valence electrons. The lowest BCUT2D eigenvalue weighted by molar-refractivity contribution is 0.529. The highest BCUT2D eigenvalue weighted by atomic mass is 35.5. The van der Waals surface area contributed by atoms with Gasteiger partial charge in [-0.15, -0.1) is 0 Å². The SMILES string of the molecule is CCCNC(Cc1ccccc1Cl)c1ccccc1. The summed E-state index contributed by atoms with van der Waals surface area (Å²) < 4.78 is 0. The van der Waals surface area contributed by atoms with E-state index in [1.807, 2.05) is 18.2 Å². The minimum absolute atomic E-state index is 0.320. The average molecular weight is 274 g/mol. The summed E-state index contributed by atoms with van der Waals surface area (Å²) in [5.74, 6) is 0. The number of nitrogens with one attached hydrogen (secondary N) is 1. The van der Waals surface area contributed by atoms with Crippen molar-refractivity contribution in [2.75, 3.05) is 6.54 Å². The van der Waals surface area contributed by atoms with Crippen molar-refractivity contribution in [1.82, 2.24) is 5.32 Å². The minimum Gasteiger partial charge on any atom is -0.310 e. The third-order valence-corrected chi connectivity index (χ3v) is 3.59. The third kappa shape index (κ3) is 4.09. The molecule has 0 spiro atoms. The Morgan fingerprint density at radius 3 is 2.37 bits per heavy atom. The Morgan fingerprint density at radius 2 is 1.68 bits per heavy atom. The predicted octanol–water partition coefficient (Wildman–Crippen LogP) is 4.62. The van der Waals surface area contributed by atoms with E-state index in [4.69, 9.17) is 11.6 Å². The topological polar surface area (TPSA) is 12.0 Å². The fourth-order valence-corrected chi connectivity index (χ4v) is 2.41. The smallest absolute Gasteiger partial charge is 0.0438 e. The van der Waals surface area contributed by atoms with Crippen LogP contribution in [0.3, 0.4) is 0 Å². The zero-order chi connectivity index (χ0) is 13.5. The van der Waals surface area contributed by atoms with Crippen LogP contribution in [-0.4, -0.2) is 6.54 Å². The van der Waals surface area contributed by atoms with Crippen molar-refractivity contribution in [3.8, 4) is 0 Å². The van der Waals surface area contributed by atoms with Crippen LogP contribution in [0.5, 0.6) is 0 Å². The van der Waals surface area contributed by atoms with Crippen LogP contribution in [0, 0.1) is 0 Å². The van der Waals surface area contributed by atoms with Crippen molar-refractivity contribution in [2.45, 2.75) is 25.8 Å². The van der Waals surface area contributed by atoms with E-state index in [0.29, 0.717) is 6.04 Å². The Balaban J connectivity index is 2.17. The molecule has 0 fully saturated rings. The number of rotatable bonds is 6. The minimum atomic E-state index is 0.320. The molecule has 0 heterocycles. The van der Waals surface area contributed by atoms with E-state index >= 15 is 0 Å². The fraction of sp³-hybridized carbons (Fsp3) is 0.294. The van der Waals surface area contributed by atoms with Crippen LogP contribution in [-0.2, 0) is 6.42 Å². The summed E-state index contributed by atoms with van der Waals surface area (Å²) in [6.07, 6.45) is 2.05. The normalized spacial score (nSPS) is 12.3. The van der Waals surface area contributed by atoms with Gasteiger partial charge < -0.3 is 5.32 Å². The maximum Gasteiger partial charge on any atom is 0.0438 e. The second kappa shape index (κ2) is 7.32. The molecule has 2 aromatic rings. The maximum absolute atomic E-state index is 6.26. The molecule has 19 heavy (non-hydrogen) atoms. The second-order valence-electron chi connectivity index (χ2n) is 4.71. The second-order valence-corrected chi connectivity index (χ2v) is 5.12. The molecule has 1 unspecified atom stereocenters.